The first kappa shape index (κ1) is 13.8. The molecule has 0 aromatic carbocycles. The fraction of sp³-hybridized carbons (Fsp3) is 0.688. The fourth-order valence-electron chi connectivity index (χ4n) is 3.05. The summed E-state index contributed by atoms with van der Waals surface area (Å²) < 4.78 is 2.03. The maximum atomic E-state index is 12.7. The second-order valence-corrected chi connectivity index (χ2v) is 6.24. The summed E-state index contributed by atoms with van der Waals surface area (Å²) in [7, 11) is 2.15. The summed E-state index contributed by atoms with van der Waals surface area (Å²) in [6, 6.07) is 2.79. The number of nitrogens with one attached hydrogen (secondary N) is 1. The van der Waals surface area contributed by atoms with E-state index in [4.69, 9.17) is 0 Å². The Morgan fingerprint density at radius 3 is 2.90 bits per heavy atom. The van der Waals surface area contributed by atoms with E-state index in [0.29, 0.717) is 6.04 Å². The number of fused-ring (bicyclic) bond motifs is 1. The number of rotatable bonds is 5. The number of hydrogen-bond acceptors (Lipinski definition) is 3. The Hall–Kier alpha value is -1.13. The average molecular weight is 275 g/mol. The van der Waals surface area contributed by atoms with Gasteiger partial charge in [-0.2, -0.15) is 0 Å². The van der Waals surface area contributed by atoms with Gasteiger partial charge in [0.05, 0.1) is 0 Å². The van der Waals surface area contributed by atoms with Gasteiger partial charge in [0.25, 0.3) is 5.56 Å². The Morgan fingerprint density at radius 1 is 1.40 bits per heavy atom. The van der Waals surface area contributed by atoms with Crippen LogP contribution in [0.2, 0.25) is 0 Å². The fourth-order valence-corrected chi connectivity index (χ4v) is 3.05. The zero-order valence-electron chi connectivity index (χ0n) is 12.6. The normalized spacial score (nSPS) is 19.1. The van der Waals surface area contributed by atoms with Gasteiger partial charge in [-0.25, -0.2) is 0 Å². The van der Waals surface area contributed by atoms with E-state index in [1.54, 1.807) is 0 Å². The first-order valence-corrected chi connectivity index (χ1v) is 7.85. The Labute approximate surface area is 120 Å². The Kier molecular flexibility index (Phi) is 3.94. The van der Waals surface area contributed by atoms with E-state index in [1.807, 2.05) is 4.57 Å². The maximum Gasteiger partial charge on any atom is 0.255 e. The van der Waals surface area contributed by atoms with E-state index in [-0.39, 0.29) is 5.56 Å². The van der Waals surface area contributed by atoms with Gasteiger partial charge in [0.1, 0.15) is 0 Å². The number of likely N-dealkylation sites (N-methyl/N-ethyl adjacent to an activating group) is 1. The van der Waals surface area contributed by atoms with Crippen LogP contribution in [0.1, 0.15) is 43.0 Å². The van der Waals surface area contributed by atoms with Crippen molar-refractivity contribution < 1.29 is 0 Å². The molecule has 1 fully saturated rings. The molecule has 0 bridgehead atoms. The van der Waals surface area contributed by atoms with Crippen molar-refractivity contribution >= 4 is 0 Å². The molecule has 0 spiro atoms. The quantitative estimate of drug-likeness (QED) is 0.885. The molecule has 1 aromatic heterocycles. The molecule has 0 radical (unpaired) electrons. The van der Waals surface area contributed by atoms with Crippen LogP contribution in [0.5, 0.6) is 0 Å². The number of pyridine rings is 1. The van der Waals surface area contributed by atoms with Gasteiger partial charge in [0.15, 0.2) is 0 Å². The highest BCUT2D eigenvalue weighted by atomic mass is 16.1. The molecule has 0 unspecified atom stereocenters. The van der Waals surface area contributed by atoms with Crippen molar-refractivity contribution in [2.24, 2.45) is 0 Å². The van der Waals surface area contributed by atoms with Gasteiger partial charge >= 0.3 is 0 Å². The van der Waals surface area contributed by atoms with Crippen LogP contribution in [0.3, 0.4) is 0 Å². The molecule has 4 nitrogen and oxygen atoms in total. The predicted molar refractivity (Wildman–Crippen MR) is 80.9 cm³/mol. The third-order valence-electron chi connectivity index (χ3n) is 4.34. The minimum Gasteiger partial charge on any atom is -0.312 e. The summed E-state index contributed by atoms with van der Waals surface area (Å²) in [4.78, 5) is 15.0. The molecule has 1 saturated carbocycles. The lowest BCUT2D eigenvalue weighted by Crippen LogP contribution is -2.36. The molecule has 1 aliphatic carbocycles. The van der Waals surface area contributed by atoms with Gasteiger partial charge in [-0.3, -0.25) is 4.79 Å². The second-order valence-electron chi connectivity index (χ2n) is 6.24. The van der Waals surface area contributed by atoms with E-state index in [2.05, 4.69) is 30.3 Å². The number of nitrogens with zero attached hydrogens (tertiary/aromatic N) is 2. The van der Waals surface area contributed by atoms with Crippen molar-refractivity contribution in [1.29, 1.82) is 0 Å². The molecule has 2 heterocycles. The van der Waals surface area contributed by atoms with Crippen molar-refractivity contribution in [2.45, 2.75) is 58.3 Å². The van der Waals surface area contributed by atoms with Crippen molar-refractivity contribution in [1.82, 2.24) is 14.8 Å². The number of hydrogen-bond donors (Lipinski definition) is 1. The minimum absolute atomic E-state index is 0.225. The Bertz CT molecular complexity index is 545. The highest BCUT2D eigenvalue weighted by Crippen LogP contribution is 2.21. The summed E-state index contributed by atoms with van der Waals surface area (Å²) in [5, 5.41) is 3.47. The molecule has 4 heteroatoms. The van der Waals surface area contributed by atoms with Gasteiger partial charge in [-0.1, -0.05) is 6.92 Å². The van der Waals surface area contributed by atoms with Crippen LogP contribution in [-0.4, -0.2) is 29.1 Å². The minimum atomic E-state index is 0.225. The first-order valence-electron chi connectivity index (χ1n) is 7.85. The maximum absolute atomic E-state index is 12.7. The van der Waals surface area contributed by atoms with Crippen molar-refractivity contribution in [3.8, 4) is 0 Å². The Balaban J connectivity index is 1.94. The van der Waals surface area contributed by atoms with Crippen LogP contribution in [0.15, 0.2) is 10.9 Å². The SMILES string of the molecule is CCCn1c2c(cc(CNC3CC3)c1=O)CN(C)CC2. The van der Waals surface area contributed by atoms with Gasteiger partial charge in [0.2, 0.25) is 0 Å². The third kappa shape index (κ3) is 2.81. The van der Waals surface area contributed by atoms with Gasteiger partial charge in [-0.05, 0) is 37.9 Å². The van der Waals surface area contributed by atoms with Crippen LogP contribution >= 0.6 is 0 Å². The summed E-state index contributed by atoms with van der Waals surface area (Å²) in [5.41, 5.74) is 3.78. The molecule has 0 atom stereocenters. The third-order valence-corrected chi connectivity index (χ3v) is 4.34. The Morgan fingerprint density at radius 2 is 2.20 bits per heavy atom. The molecule has 20 heavy (non-hydrogen) atoms. The van der Waals surface area contributed by atoms with Gasteiger partial charge in [-0.15, -0.1) is 0 Å². The molecule has 1 N–H and O–H groups in total. The first-order chi connectivity index (χ1) is 9.69. The van der Waals surface area contributed by atoms with Crippen LogP contribution in [0.25, 0.3) is 0 Å². The van der Waals surface area contributed by atoms with E-state index in [1.165, 1.54) is 24.1 Å². The summed E-state index contributed by atoms with van der Waals surface area (Å²) >= 11 is 0. The molecule has 0 amide bonds. The van der Waals surface area contributed by atoms with Crippen molar-refractivity contribution in [2.75, 3.05) is 13.6 Å². The van der Waals surface area contributed by atoms with E-state index < -0.39 is 0 Å². The van der Waals surface area contributed by atoms with Crippen molar-refractivity contribution in [3.05, 3.63) is 33.2 Å². The summed E-state index contributed by atoms with van der Waals surface area (Å²) in [6.45, 7) is 5.74. The zero-order chi connectivity index (χ0) is 14.1. The second kappa shape index (κ2) is 5.70. The lowest BCUT2D eigenvalue weighted by Gasteiger charge is -2.28. The molecule has 1 aliphatic heterocycles. The standard InChI is InChI=1S/C16H25N3O/c1-3-7-19-15-6-8-18(2)11-13(15)9-12(16(19)20)10-17-14-4-5-14/h9,14,17H,3-8,10-11H2,1-2H3. The summed E-state index contributed by atoms with van der Waals surface area (Å²) in [6.07, 6.45) is 4.53. The van der Waals surface area contributed by atoms with Crippen LogP contribution in [-0.2, 0) is 26.1 Å². The molecule has 0 saturated heterocycles. The highest BCUT2D eigenvalue weighted by molar-refractivity contribution is 5.29. The largest absolute Gasteiger partial charge is 0.312 e. The predicted octanol–water partition coefficient (Wildman–Crippen LogP) is 1.50. The molecule has 2 aliphatic rings. The number of aromatic nitrogens is 1. The summed E-state index contributed by atoms with van der Waals surface area (Å²) in [5.74, 6) is 0. The topological polar surface area (TPSA) is 37.3 Å². The molecular weight excluding hydrogens is 250 g/mol. The smallest absolute Gasteiger partial charge is 0.255 e. The van der Waals surface area contributed by atoms with Crippen LogP contribution < -0.4 is 10.9 Å². The lowest BCUT2D eigenvalue weighted by molar-refractivity contribution is 0.303. The van der Waals surface area contributed by atoms with Gasteiger partial charge in [0, 0.05) is 49.9 Å². The van der Waals surface area contributed by atoms with E-state index >= 15 is 0 Å². The average Bonchev–Trinajstić information content (AvgIpc) is 3.24. The van der Waals surface area contributed by atoms with Crippen LogP contribution in [0, 0.1) is 0 Å². The monoisotopic (exact) mass is 275 g/mol. The zero-order valence-corrected chi connectivity index (χ0v) is 12.6. The van der Waals surface area contributed by atoms with Crippen LogP contribution in [0.4, 0.5) is 0 Å². The molecule has 110 valence electrons. The van der Waals surface area contributed by atoms with Crippen molar-refractivity contribution in [3.63, 3.8) is 0 Å². The lowest BCUT2D eigenvalue weighted by atomic mass is 10.0. The molecule has 1 aromatic rings. The molecular formula is C16H25N3O. The van der Waals surface area contributed by atoms with E-state index in [9.17, 15) is 4.79 Å². The molecule has 3 rings (SSSR count). The highest BCUT2D eigenvalue weighted by Gasteiger charge is 2.23. The van der Waals surface area contributed by atoms with E-state index in [0.717, 1.165) is 44.6 Å². The van der Waals surface area contributed by atoms with Gasteiger partial charge < -0.3 is 14.8 Å².